The van der Waals surface area contributed by atoms with E-state index in [1.165, 1.54) is 13.3 Å². The summed E-state index contributed by atoms with van der Waals surface area (Å²) in [5, 5.41) is 0. The van der Waals surface area contributed by atoms with Gasteiger partial charge in [-0.2, -0.15) is 0 Å². The van der Waals surface area contributed by atoms with Crippen molar-refractivity contribution in [2.45, 2.75) is 25.9 Å². The highest BCUT2D eigenvalue weighted by Crippen LogP contribution is 2.40. The Balaban J connectivity index is 1.98. The summed E-state index contributed by atoms with van der Waals surface area (Å²) in [7, 11) is 0. The lowest BCUT2D eigenvalue weighted by Gasteiger charge is -2.17. The van der Waals surface area contributed by atoms with E-state index < -0.39 is 0 Å². The molecule has 0 aromatic carbocycles. The highest BCUT2D eigenvalue weighted by molar-refractivity contribution is 5.66. The maximum atomic E-state index is 10.6. The molecule has 0 aliphatic heterocycles. The number of rotatable bonds is 1. The minimum Gasteiger partial charge on any atom is -0.462 e. The van der Waals surface area contributed by atoms with Crippen LogP contribution in [0.5, 0.6) is 0 Å². The molecular formula is C9H12O2. The van der Waals surface area contributed by atoms with Gasteiger partial charge >= 0.3 is 5.97 Å². The third-order valence-corrected chi connectivity index (χ3v) is 2.54. The molecule has 3 atom stereocenters. The van der Waals surface area contributed by atoms with E-state index in [1.54, 1.807) is 0 Å². The lowest BCUT2D eigenvalue weighted by Crippen LogP contribution is -2.20. The quantitative estimate of drug-likeness (QED) is 0.420. The standard InChI is InChI=1S/C9H12O2/c1-6(10)11-9-5-7-2-3-8(9)4-7/h2-3,7-9H,4-5H2,1H3/t7-,8-,9+/m1/s1. The monoisotopic (exact) mass is 152 g/mol. The van der Waals surface area contributed by atoms with Gasteiger partial charge in [0.2, 0.25) is 0 Å². The second-order valence-corrected chi connectivity index (χ2v) is 3.43. The highest BCUT2D eigenvalue weighted by atomic mass is 16.5. The van der Waals surface area contributed by atoms with E-state index in [0.717, 1.165) is 6.42 Å². The number of hydrogen-bond donors (Lipinski definition) is 0. The highest BCUT2D eigenvalue weighted by Gasteiger charge is 2.37. The van der Waals surface area contributed by atoms with Crippen LogP contribution in [0.4, 0.5) is 0 Å². The molecule has 2 nitrogen and oxygen atoms in total. The van der Waals surface area contributed by atoms with Gasteiger partial charge in [-0.05, 0) is 18.8 Å². The van der Waals surface area contributed by atoms with Crippen LogP contribution >= 0.6 is 0 Å². The summed E-state index contributed by atoms with van der Waals surface area (Å²) in [4.78, 5) is 10.6. The van der Waals surface area contributed by atoms with E-state index in [9.17, 15) is 4.79 Å². The van der Waals surface area contributed by atoms with Gasteiger partial charge in [-0.1, -0.05) is 12.2 Å². The number of fused-ring (bicyclic) bond motifs is 2. The molecule has 2 aliphatic carbocycles. The predicted octanol–water partition coefficient (Wildman–Crippen LogP) is 1.51. The number of carbonyl (C=O) groups is 1. The first kappa shape index (κ1) is 6.89. The summed E-state index contributed by atoms with van der Waals surface area (Å²) >= 11 is 0. The van der Waals surface area contributed by atoms with Crippen LogP contribution in [-0.2, 0) is 9.53 Å². The van der Waals surface area contributed by atoms with E-state index in [2.05, 4.69) is 12.2 Å². The molecule has 0 amide bonds. The van der Waals surface area contributed by atoms with Crippen LogP contribution in [-0.4, -0.2) is 12.1 Å². The van der Waals surface area contributed by atoms with Crippen LogP contribution in [0.3, 0.4) is 0 Å². The fraction of sp³-hybridized carbons (Fsp3) is 0.667. The van der Waals surface area contributed by atoms with Gasteiger partial charge in [0, 0.05) is 12.8 Å². The maximum Gasteiger partial charge on any atom is 0.302 e. The average Bonchev–Trinajstić information content (AvgIpc) is 2.45. The van der Waals surface area contributed by atoms with E-state index in [4.69, 9.17) is 4.74 Å². The first-order valence-corrected chi connectivity index (χ1v) is 4.11. The van der Waals surface area contributed by atoms with Crippen molar-refractivity contribution in [1.29, 1.82) is 0 Å². The third kappa shape index (κ3) is 1.17. The number of allylic oxidation sites excluding steroid dienone is 1. The second-order valence-electron chi connectivity index (χ2n) is 3.43. The van der Waals surface area contributed by atoms with Crippen molar-refractivity contribution in [2.24, 2.45) is 11.8 Å². The Morgan fingerprint density at radius 2 is 2.27 bits per heavy atom. The van der Waals surface area contributed by atoms with Crippen LogP contribution in [0.1, 0.15) is 19.8 Å². The van der Waals surface area contributed by atoms with Crippen LogP contribution in [0, 0.1) is 11.8 Å². The fourth-order valence-electron chi connectivity index (χ4n) is 2.08. The van der Waals surface area contributed by atoms with Crippen molar-refractivity contribution < 1.29 is 9.53 Å². The molecule has 2 heteroatoms. The van der Waals surface area contributed by atoms with Crippen molar-refractivity contribution in [3.8, 4) is 0 Å². The fourth-order valence-corrected chi connectivity index (χ4v) is 2.08. The van der Waals surface area contributed by atoms with Gasteiger partial charge in [0.1, 0.15) is 6.10 Å². The average molecular weight is 152 g/mol. The molecule has 0 aromatic heterocycles. The SMILES string of the molecule is CC(=O)O[C@H]1C[C@@H]2C=C[C@@H]1C2. The minimum absolute atomic E-state index is 0.143. The topological polar surface area (TPSA) is 26.3 Å². The molecule has 0 saturated heterocycles. The number of ether oxygens (including phenoxy) is 1. The van der Waals surface area contributed by atoms with Crippen molar-refractivity contribution in [1.82, 2.24) is 0 Å². The zero-order valence-electron chi connectivity index (χ0n) is 6.62. The zero-order chi connectivity index (χ0) is 7.84. The van der Waals surface area contributed by atoms with Gasteiger partial charge in [0.15, 0.2) is 0 Å². The van der Waals surface area contributed by atoms with Crippen LogP contribution in [0.2, 0.25) is 0 Å². The Labute approximate surface area is 66.2 Å². The summed E-state index contributed by atoms with van der Waals surface area (Å²) in [5.74, 6) is 1.06. The molecule has 0 unspecified atom stereocenters. The predicted molar refractivity (Wildman–Crippen MR) is 40.9 cm³/mol. The van der Waals surface area contributed by atoms with E-state index in [0.29, 0.717) is 11.8 Å². The molecule has 0 heterocycles. The second kappa shape index (κ2) is 2.36. The molecule has 2 bridgehead atoms. The van der Waals surface area contributed by atoms with Crippen molar-refractivity contribution in [3.63, 3.8) is 0 Å². The Morgan fingerprint density at radius 3 is 2.73 bits per heavy atom. The number of carbonyl (C=O) groups excluding carboxylic acids is 1. The molecule has 11 heavy (non-hydrogen) atoms. The Kier molecular flexibility index (Phi) is 1.48. The summed E-state index contributed by atoms with van der Waals surface area (Å²) in [5.41, 5.74) is 0. The Hall–Kier alpha value is -0.790. The third-order valence-electron chi connectivity index (χ3n) is 2.54. The maximum absolute atomic E-state index is 10.6. The molecule has 0 N–H and O–H groups in total. The van der Waals surface area contributed by atoms with Gasteiger partial charge in [0.05, 0.1) is 0 Å². The summed E-state index contributed by atoms with van der Waals surface area (Å²) in [6, 6.07) is 0. The largest absolute Gasteiger partial charge is 0.462 e. The molecule has 1 saturated carbocycles. The van der Waals surface area contributed by atoms with Gasteiger partial charge in [0.25, 0.3) is 0 Å². The van der Waals surface area contributed by atoms with Crippen molar-refractivity contribution >= 4 is 5.97 Å². The van der Waals surface area contributed by atoms with Crippen LogP contribution in [0.25, 0.3) is 0 Å². The Bertz CT molecular complexity index is 208. The summed E-state index contributed by atoms with van der Waals surface area (Å²) in [6.07, 6.45) is 6.84. The molecule has 0 spiro atoms. The van der Waals surface area contributed by atoms with E-state index in [1.807, 2.05) is 0 Å². The first-order valence-electron chi connectivity index (χ1n) is 4.11. The van der Waals surface area contributed by atoms with Crippen LogP contribution in [0.15, 0.2) is 12.2 Å². The summed E-state index contributed by atoms with van der Waals surface area (Å²) in [6.45, 7) is 1.48. The molecule has 0 aromatic rings. The van der Waals surface area contributed by atoms with E-state index >= 15 is 0 Å². The Morgan fingerprint density at radius 1 is 1.45 bits per heavy atom. The first-order chi connectivity index (χ1) is 5.25. The normalized spacial score (nSPS) is 39.5. The minimum atomic E-state index is -0.143. The summed E-state index contributed by atoms with van der Waals surface area (Å²) < 4.78 is 5.15. The van der Waals surface area contributed by atoms with Crippen molar-refractivity contribution in [2.75, 3.05) is 0 Å². The zero-order valence-corrected chi connectivity index (χ0v) is 6.62. The number of esters is 1. The smallest absolute Gasteiger partial charge is 0.302 e. The van der Waals surface area contributed by atoms with Gasteiger partial charge in [-0.15, -0.1) is 0 Å². The lowest BCUT2D eigenvalue weighted by atomic mass is 10.0. The van der Waals surface area contributed by atoms with Crippen LogP contribution < -0.4 is 0 Å². The number of hydrogen-bond acceptors (Lipinski definition) is 2. The molecule has 1 fully saturated rings. The molecule has 2 rings (SSSR count). The van der Waals surface area contributed by atoms with Gasteiger partial charge in [-0.3, -0.25) is 4.79 Å². The molecule has 60 valence electrons. The van der Waals surface area contributed by atoms with Crippen molar-refractivity contribution in [3.05, 3.63) is 12.2 Å². The molecule has 2 aliphatic rings. The van der Waals surface area contributed by atoms with Gasteiger partial charge < -0.3 is 4.74 Å². The lowest BCUT2D eigenvalue weighted by molar-refractivity contribution is -0.147. The molecular weight excluding hydrogens is 140 g/mol. The molecule has 0 radical (unpaired) electrons. The van der Waals surface area contributed by atoms with E-state index in [-0.39, 0.29) is 12.1 Å². The van der Waals surface area contributed by atoms with Gasteiger partial charge in [-0.25, -0.2) is 0 Å².